The molecular formula is C14H11N3OS. The molecule has 0 aliphatic rings. The van der Waals surface area contributed by atoms with E-state index in [0.717, 1.165) is 16.7 Å². The second kappa shape index (κ2) is 5.49. The van der Waals surface area contributed by atoms with Crippen LogP contribution in [0.15, 0.2) is 60.2 Å². The minimum atomic E-state index is 0.705. The van der Waals surface area contributed by atoms with Gasteiger partial charge in [0.2, 0.25) is 0 Å². The Labute approximate surface area is 114 Å². The lowest BCUT2D eigenvalue weighted by Crippen LogP contribution is -1.92. The van der Waals surface area contributed by atoms with Gasteiger partial charge in [0, 0.05) is 11.6 Å². The molecule has 0 aliphatic carbocycles. The summed E-state index contributed by atoms with van der Waals surface area (Å²) in [4.78, 5) is 8.42. The number of nitrogens with zero attached hydrogens (tertiary/aromatic N) is 2. The van der Waals surface area contributed by atoms with Crippen LogP contribution in [0.1, 0.15) is 0 Å². The van der Waals surface area contributed by atoms with Crippen molar-refractivity contribution in [3.8, 4) is 11.5 Å². The van der Waals surface area contributed by atoms with E-state index in [1.807, 2.05) is 47.8 Å². The minimum absolute atomic E-state index is 0.705. The molecule has 0 spiro atoms. The van der Waals surface area contributed by atoms with Crippen molar-refractivity contribution < 1.29 is 4.74 Å². The van der Waals surface area contributed by atoms with Crippen LogP contribution >= 0.6 is 11.3 Å². The SMILES string of the molecule is c1ccc(Oc2ccc(Nc3nccs3)nc2)cc1. The van der Waals surface area contributed by atoms with Crippen molar-refractivity contribution in [3.05, 3.63) is 60.2 Å². The molecule has 0 saturated heterocycles. The van der Waals surface area contributed by atoms with Gasteiger partial charge in [-0.05, 0) is 24.3 Å². The van der Waals surface area contributed by atoms with E-state index in [1.54, 1.807) is 12.4 Å². The molecule has 19 heavy (non-hydrogen) atoms. The van der Waals surface area contributed by atoms with Crippen LogP contribution in [0.2, 0.25) is 0 Å². The molecule has 3 aromatic rings. The van der Waals surface area contributed by atoms with E-state index in [1.165, 1.54) is 11.3 Å². The Bertz CT molecular complexity index is 624. The van der Waals surface area contributed by atoms with Crippen LogP contribution in [0.3, 0.4) is 0 Å². The van der Waals surface area contributed by atoms with Crippen molar-refractivity contribution in [1.29, 1.82) is 0 Å². The molecular weight excluding hydrogens is 258 g/mol. The average Bonchev–Trinajstić information content (AvgIpc) is 2.95. The van der Waals surface area contributed by atoms with E-state index in [4.69, 9.17) is 4.74 Å². The topological polar surface area (TPSA) is 47.0 Å². The third-order valence-electron chi connectivity index (χ3n) is 2.38. The van der Waals surface area contributed by atoms with Gasteiger partial charge < -0.3 is 10.1 Å². The lowest BCUT2D eigenvalue weighted by atomic mass is 10.3. The normalized spacial score (nSPS) is 10.1. The van der Waals surface area contributed by atoms with Crippen molar-refractivity contribution in [2.45, 2.75) is 0 Å². The molecule has 2 heterocycles. The third kappa shape index (κ3) is 3.08. The van der Waals surface area contributed by atoms with Crippen LogP contribution in [0.5, 0.6) is 11.5 Å². The first-order valence-electron chi connectivity index (χ1n) is 5.76. The third-order valence-corrected chi connectivity index (χ3v) is 3.07. The van der Waals surface area contributed by atoms with Gasteiger partial charge >= 0.3 is 0 Å². The molecule has 3 rings (SSSR count). The fraction of sp³-hybridized carbons (Fsp3) is 0. The zero-order chi connectivity index (χ0) is 12.9. The summed E-state index contributed by atoms with van der Waals surface area (Å²) < 4.78 is 5.67. The summed E-state index contributed by atoms with van der Waals surface area (Å²) in [5.41, 5.74) is 0. The molecule has 0 radical (unpaired) electrons. The lowest BCUT2D eigenvalue weighted by Gasteiger charge is -2.06. The highest BCUT2D eigenvalue weighted by atomic mass is 32.1. The van der Waals surface area contributed by atoms with E-state index in [0.29, 0.717) is 5.75 Å². The monoisotopic (exact) mass is 269 g/mol. The number of hydrogen-bond donors (Lipinski definition) is 1. The summed E-state index contributed by atoms with van der Waals surface area (Å²) in [7, 11) is 0. The largest absolute Gasteiger partial charge is 0.456 e. The Kier molecular flexibility index (Phi) is 3.38. The van der Waals surface area contributed by atoms with Crippen molar-refractivity contribution in [2.75, 3.05) is 5.32 Å². The maximum atomic E-state index is 5.67. The molecule has 94 valence electrons. The number of para-hydroxylation sites is 1. The number of hydrogen-bond acceptors (Lipinski definition) is 5. The Morgan fingerprint density at radius 3 is 2.53 bits per heavy atom. The number of anilines is 2. The van der Waals surface area contributed by atoms with Crippen molar-refractivity contribution in [1.82, 2.24) is 9.97 Å². The van der Waals surface area contributed by atoms with Crippen LogP contribution in [-0.4, -0.2) is 9.97 Å². The molecule has 1 aromatic carbocycles. The molecule has 0 aliphatic heterocycles. The van der Waals surface area contributed by atoms with Crippen LogP contribution in [0.4, 0.5) is 10.9 Å². The molecule has 0 saturated carbocycles. The van der Waals surface area contributed by atoms with Crippen molar-refractivity contribution in [2.24, 2.45) is 0 Å². The zero-order valence-corrected chi connectivity index (χ0v) is 10.8. The first-order valence-corrected chi connectivity index (χ1v) is 6.63. The summed E-state index contributed by atoms with van der Waals surface area (Å²) >= 11 is 1.53. The number of rotatable bonds is 4. The van der Waals surface area contributed by atoms with Gasteiger partial charge in [0.15, 0.2) is 5.13 Å². The van der Waals surface area contributed by atoms with E-state index >= 15 is 0 Å². The zero-order valence-electron chi connectivity index (χ0n) is 9.98. The number of benzene rings is 1. The minimum Gasteiger partial charge on any atom is -0.456 e. The van der Waals surface area contributed by atoms with Gasteiger partial charge in [-0.2, -0.15) is 0 Å². The van der Waals surface area contributed by atoms with Gasteiger partial charge in [-0.3, -0.25) is 0 Å². The Morgan fingerprint density at radius 2 is 1.84 bits per heavy atom. The van der Waals surface area contributed by atoms with E-state index in [-0.39, 0.29) is 0 Å². The first-order chi connectivity index (χ1) is 9.40. The molecule has 0 fully saturated rings. The van der Waals surface area contributed by atoms with Gasteiger partial charge in [0.05, 0.1) is 6.20 Å². The van der Waals surface area contributed by atoms with Crippen LogP contribution < -0.4 is 10.1 Å². The molecule has 1 N–H and O–H groups in total. The lowest BCUT2D eigenvalue weighted by molar-refractivity contribution is 0.480. The molecule has 2 aromatic heterocycles. The maximum absolute atomic E-state index is 5.67. The highest BCUT2D eigenvalue weighted by Crippen LogP contribution is 2.22. The van der Waals surface area contributed by atoms with E-state index < -0.39 is 0 Å². The summed E-state index contributed by atoms with van der Waals surface area (Å²) in [5, 5.41) is 5.85. The fourth-order valence-corrected chi connectivity index (χ4v) is 2.07. The molecule has 0 atom stereocenters. The predicted octanol–water partition coefficient (Wildman–Crippen LogP) is 4.07. The molecule has 0 amide bonds. The number of ether oxygens (including phenoxy) is 1. The van der Waals surface area contributed by atoms with Gasteiger partial charge in [-0.15, -0.1) is 11.3 Å². The van der Waals surface area contributed by atoms with Crippen LogP contribution in [-0.2, 0) is 0 Å². The highest BCUT2D eigenvalue weighted by Gasteiger charge is 2.00. The van der Waals surface area contributed by atoms with Crippen LogP contribution in [0.25, 0.3) is 0 Å². The second-order valence-corrected chi connectivity index (χ2v) is 4.65. The smallest absolute Gasteiger partial charge is 0.188 e. The molecule has 5 heteroatoms. The molecule has 0 bridgehead atoms. The highest BCUT2D eigenvalue weighted by molar-refractivity contribution is 7.13. The Hall–Kier alpha value is -2.40. The van der Waals surface area contributed by atoms with Crippen molar-refractivity contribution >= 4 is 22.3 Å². The van der Waals surface area contributed by atoms with Gasteiger partial charge in [0.25, 0.3) is 0 Å². The number of nitrogens with one attached hydrogen (secondary N) is 1. The summed E-state index contributed by atoms with van der Waals surface area (Å²) in [6, 6.07) is 13.4. The maximum Gasteiger partial charge on any atom is 0.188 e. The first kappa shape index (κ1) is 11.7. The average molecular weight is 269 g/mol. The Balaban J connectivity index is 1.69. The fourth-order valence-electron chi connectivity index (χ4n) is 1.53. The number of thiazole rings is 1. The van der Waals surface area contributed by atoms with E-state index in [9.17, 15) is 0 Å². The standard InChI is InChI=1S/C14H11N3OS/c1-2-4-11(5-3-1)18-12-6-7-13(16-10-12)17-14-15-8-9-19-14/h1-10H,(H,15,16,17). The van der Waals surface area contributed by atoms with Gasteiger partial charge in [-0.25, -0.2) is 9.97 Å². The summed E-state index contributed by atoms with van der Waals surface area (Å²) in [6.45, 7) is 0. The van der Waals surface area contributed by atoms with Crippen molar-refractivity contribution in [3.63, 3.8) is 0 Å². The molecule has 0 unspecified atom stereocenters. The number of aromatic nitrogens is 2. The predicted molar refractivity (Wildman–Crippen MR) is 76.1 cm³/mol. The quantitative estimate of drug-likeness (QED) is 0.775. The van der Waals surface area contributed by atoms with Gasteiger partial charge in [-0.1, -0.05) is 18.2 Å². The van der Waals surface area contributed by atoms with Gasteiger partial charge in [0.1, 0.15) is 17.3 Å². The number of pyridine rings is 1. The van der Waals surface area contributed by atoms with Crippen LogP contribution in [0, 0.1) is 0 Å². The summed E-state index contributed by atoms with van der Waals surface area (Å²) in [5.74, 6) is 2.25. The Morgan fingerprint density at radius 1 is 0.947 bits per heavy atom. The van der Waals surface area contributed by atoms with E-state index in [2.05, 4.69) is 15.3 Å². The molecule has 4 nitrogen and oxygen atoms in total. The second-order valence-electron chi connectivity index (χ2n) is 3.76. The summed E-state index contributed by atoms with van der Waals surface area (Å²) in [6.07, 6.45) is 3.43.